The number of allylic oxidation sites excluding steroid dienone is 1. The van der Waals surface area contributed by atoms with E-state index in [1.54, 1.807) is 35.1 Å². The quantitative estimate of drug-likeness (QED) is 0.280. The first-order valence-corrected chi connectivity index (χ1v) is 11.2. The lowest BCUT2D eigenvalue weighted by Crippen LogP contribution is -2.15. The van der Waals surface area contributed by atoms with Crippen molar-refractivity contribution in [3.63, 3.8) is 0 Å². The molecule has 1 aromatic carbocycles. The summed E-state index contributed by atoms with van der Waals surface area (Å²) in [5, 5.41) is 13.7. The van der Waals surface area contributed by atoms with E-state index in [-0.39, 0.29) is 29.9 Å². The van der Waals surface area contributed by atoms with Gasteiger partial charge in [-0.1, -0.05) is 17.8 Å². The summed E-state index contributed by atoms with van der Waals surface area (Å²) in [5.41, 5.74) is 1.25. The summed E-state index contributed by atoms with van der Waals surface area (Å²) in [6.45, 7) is 6.23. The zero-order chi connectivity index (χ0) is 22.2. The Balaban J connectivity index is 1.61. The maximum atomic E-state index is 13.2. The van der Waals surface area contributed by atoms with Crippen molar-refractivity contribution in [2.75, 3.05) is 17.7 Å². The van der Waals surface area contributed by atoms with Gasteiger partial charge in [0.15, 0.2) is 16.1 Å². The van der Waals surface area contributed by atoms with Crippen molar-refractivity contribution in [2.45, 2.75) is 25.0 Å². The SMILES string of the molecule is C=CCn1c(SCC(=O)Nc2nc(CC(=O)OCC)cs2)nnc1-c1ccc(F)cc1. The summed E-state index contributed by atoms with van der Waals surface area (Å²) < 4.78 is 19.9. The van der Waals surface area contributed by atoms with Crippen LogP contribution in [0.15, 0.2) is 47.5 Å². The minimum Gasteiger partial charge on any atom is -0.466 e. The summed E-state index contributed by atoms with van der Waals surface area (Å²) in [6.07, 6.45) is 1.76. The standard InChI is InChI=1S/C20H20FN5O3S2/c1-3-9-26-18(13-5-7-14(21)8-6-13)24-25-20(26)31-12-16(27)23-19-22-15(11-30-19)10-17(28)29-4-2/h3,5-8,11H,1,4,9-10,12H2,2H3,(H,22,23,27). The first-order valence-electron chi connectivity index (χ1n) is 9.32. The van der Waals surface area contributed by atoms with Crippen LogP contribution in [0.4, 0.5) is 9.52 Å². The van der Waals surface area contributed by atoms with Gasteiger partial charge in [-0.25, -0.2) is 9.37 Å². The largest absolute Gasteiger partial charge is 0.466 e. The van der Waals surface area contributed by atoms with E-state index >= 15 is 0 Å². The van der Waals surface area contributed by atoms with Crippen LogP contribution in [0, 0.1) is 5.82 Å². The molecule has 3 rings (SSSR count). The van der Waals surface area contributed by atoms with Gasteiger partial charge in [-0.3, -0.25) is 14.2 Å². The van der Waals surface area contributed by atoms with Crippen molar-refractivity contribution >= 4 is 40.1 Å². The van der Waals surface area contributed by atoms with Gasteiger partial charge >= 0.3 is 5.97 Å². The molecule has 0 fully saturated rings. The van der Waals surface area contributed by atoms with Gasteiger partial charge in [0.1, 0.15) is 5.82 Å². The second kappa shape index (κ2) is 10.8. The molecule has 1 N–H and O–H groups in total. The number of benzene rings is 1. The third kappa shape index (κ3) is 6.22. The number of thiazole rings is 1. The van der Waals surface area contributed by atoms with Crippen molar-refractivity contribution in [2.24, 2.45) is 0 Å². The van der Waals surface area contributed by atoms with E-state index in [1.807, 2.05) is 0 Å². The maximum Gasteiger partial charge on any atom is 0.311 e. The molecule has 0 aliphatic rings. The number of carbonyl (C=O) groups excluding carboxylic acids is 2. The van der Waals surface area contributed by atoms with Crippen LogP contribution in [0.25, 0.3) is 11.4 Å². The number of amides is 1. The lowest BCUT2D eigenvalue weighted by Gasteiger charge is -2.07. The van der Waals surface area contributed by atoms with Crippen LogP contribution in [0.1, 0.15) is 12.6 Å². The highest BCUT2D eigenvalue weighted by Gasteiger charge is 2.16. The number of anilines is 1. The summed E-state index contributed by atoms with van der Waals surface area (Å²) in [4.78, 5) is 28.1. The van der Waals surface area contributed by atoms with Gasteiger partial charge in [-0.15, -0.1) is 28.1 Å². The van der Waals surface area contributed by atoms with E-state index in [2.05, 4.69) is 27.1 Å². The molecule has 8 nitrogen and oxygen atoms in total. The van der Waals surface area contributed by atoms with Gasteiger partial charge < -0.3 is 10.1 Å². The summed E-state index contributed by atoms with van der Waals surface area (Å²) >= 11 is 2.45. The average molecular weight is 462 g/mol. The lowest BCUT2D eigenvalue weighted by atomic mass is 10.2. The number of esters is 1. The van der Waals surface area contributed by atoms with E-state index in [9.17, 15) is 14.0 Å². The van der Waals surface area contributed by atoms with Gasteiger partial charge in [-0.05, 0) is 31.2 Å². The number of hydrogen-bond donors (Lipinski definition) is 1. The third-order valence-corrected chi connectivity index (χ3v) is 5.67. The maximum absolute atomic E-state index is 13.2. The number of thioether (sulfide) groups is 1. The summed E-state index contributed by atoms with van der Waals surface area (Å²) in [6, 6.07) is 5.95. The summed E-state index contributed by atoms with van der Waals surface area (Å²) in [7, 11) is 0. The van der Waals surface area contributed by atoms with Crippen molar-refractivity contribution in [3.8, 4) is 11.4 Å². The average Bonchev–Trinajstić information content (AvgIpc) is 3.34. The molecule has 2 heterocycles. The predicted octanol–water partition coefficient (Wildman–Crippen LogP) is 3.56. The number of ether oxygens (including phenoxy) is 1. The molecule has 0 aliphatic heterocycles. The van der Waals surface area contributed by atoms with Crippen LogP contribution >= 0.6 is 23.1 Å². The molecule has 0 spiro atoms. The number of rotatable bonds is 10. The minimum atomic E-state index is -0.361. The van der Waals surface area contributed by atoms with Crippen LogP contribution in [-0.4, -0.2) is 44.0 Å². The molecule has 0 unspecified atom stereocenters. The van der Waals surface area contributed by atoms with Crippen LogP contribution in [0.5, 0.6) is 0 Å². The molecule has 0 saturated carbocycles. The minimum absolute atomic E-state index is 0.0613. The fourth-order valence-electron chi connectivity index (χ4n) is 2.59. The fourth-order valence-corrected chi connectivity index (χ4v) is 4.07. The number of carbonyl (C=O) groups is 2. The highest BCUT2D eigenvalue weighted by molar-refractivity contribution is 7.99. The molecule has 31 heavy (non-hydrogen) atoms. The molecular formula is C20H20FN5O3S2. The van der Waals surface area contributed by atoms with Crippen molar-refractivity contribution < 1.29 is 18.7 Å². The first-order chi connectivity index (χ1) is 15.0. The Morgan fingerprint density at radius 2 is 2.10 bits per heavy atom. The van der Waals surface area contributed by atoms with Gasteiger partial charge in [0.25, 0.3) is 0 Å². The molecule has 162 valence electrons. The van der Waals surface area contributed by atoms with Crippen molar-refractivity contribution in [1.82, 2.24) is 19.7 Å². The lowest BCUT2D eigenvalue weighted by molar-refractivity contribution is -0.142. The van der Waals surface area contributed by atoms with Gasteiger partial charge in [0, 0.05) is 17.5 Å². The van der Waals surface area contributed by atoms with Crippen LogP contribution < -0.4 is 5.32 Å². The van der Waals surface area contributed by atoms with E-state index in [0.717, 1.165) is 0 Å². The molecule has 11 heteroatoms. The Morgan fingerprint density at radius 1 is 1.32 bits per heavy atom. The van der Waals surface area contributed by atoms with Gasteiger partial charge in [0.2, 0.25) is 5.91 Å². The Kier molecular flexibility index (Phi) is 7.90. The molecule has 0 atom stereocenters. The molecule has 0 saturated heterocycles. The zero-order valence-corrected chi connectivity index (χ0v) is 18.3. The van der Waals surface area contributed by atoms with Crippen LogP contribution in [0.2, 0.25) is 0 Å². The van der Waals surface area contributed by atoms with Crippen molar-refractivity contribution in [1.29, 1.82) is 0 Å². The number of hydrogen-bond acceptors (Lipinski definition) is 8. The normalized spacial score (nSPS) is 10.6. The molecule has 2 aromatic heterocycles. The molecule has 0 bridgehead atoms. The predicted molar refractivity (Wildman–Crippen MR) is 117 cm³/mol. The topological polar surface area (TPSA) is 99.0 Å². The smallest absolute Gasteiger partial charge is 0.311 e. The number of halogens is 1. The Bertz CT molecular complexity index is 1070. The second-order valence-electron chi connectivity index (χ2n) is 6.17. The van der Waals surface area contributed by atoms with E-state index in [4.69, 9.17) is 4.74 Å². The van der Waals surface area contributed by atoms with E-state index in [0.29, 0.717) is 40.5 Å². The molecule has 0 radical (unpaired) electrons. The van der Waals surface area contributed by atoms with Gasteiger partial charge in [0.05, 0.1) is 24.5 Å². The molecule has 3 aromatic rings. The Labute approximate surface area is 186 Å². The highest BCUT2D eigenvalue weighted by Crippen LogP contribution is 2.25. The monoisotopic (exact) mass is 461 g/mol. The van der Waals surface area contributed by atoms with E-state index in [1.165, 1.54) is 35.2 Å². The number of nitrogens with one attached hydrogen (secondary N) is 1. The molecule has 0 aliphatic carbocycles. The second-order valence-corrected chi connectivity index (χ2v) is 7.98. The van der Waals surface area contributed by atoms with E-state index < -0.39 is 0 Å². The van der Waals surface area contributed by atoms with Crippen LogP contribution in [-0.2, 0) is 27.3 Å². The Morgan fingerprint density at radius 3 is 2.81 bits per heavy atom. The fraction of sp³-hybridized carbons (Fsp3) is 0.250. The zero-order valence-electron chi connectivity index (χ0n) is 16.7. The van der Waals surface area contributed by atoms with Crippen molar-refractivity contribution in [3.05, 3.63) is 53.8 Å². The molecule has 1 amide bonds. The van der Waals surface area contributed by atoms with Gasteiger partial charge in [-0.2, -0.15) is 0 Å². The first kappa shape index (κ1) is 22.6. The molecular weight excluding hydrogens is 441 g/mol. The number of nitrogens with zero attached hydrogens (tertiary/aromatic N) is 4. The summed E-state index contributed by atoms with van der Waals surface area (Å²) in [5.74, 6) is -0.312. The Hall–Kier alpha value is -3.05. The highest BCUT2D eigenvalue weighted by atomic mass is 32.2. The van der Waals surface area contributed by atoms with Crippen LogP contribution in [0.3, 0.4) is 0 Å². The third-order valence-electron chi connectivity index (χ3n) is 3.89. The number of aromatic nitrogens is 4.